The highest BCUT2D eigenvalue weighted by Gasteiger charge is 2.12. The quantitative estimate of drug-likeness (QED) is 0.686. The van der Waals surface area contributed by atoms with Crippen molar-refractivity contribution in [1.29, 1.82) is 5.26 Å². The van der Waals surface area contributed by atoms with Crippen LogP contribution in [0.4, 0.5) is 4.39 Å². The number of aromatic nitrogens is 2. The van der Waals surface area contributed by atoms with Gasteiger partial charge in [-0.1, -0.05) is 12.1 Å². The van der Waals surface area contributed by atoms with E-state index < -0.39 is 5.82 Å². The monoisotopic (exact) mass is 283 g/mol. The van der Waals surface area contributed by atoms with Gasteiger partial charge in [0.1, 0.15) is 5.82 Å². The third-order valence-corrected chi connectivity index (χ3v) is 3.51. The van der Waals surface area contributed by atoms with Crippen molar-refractivity contribution in [1.82, 2.24) is 9.55 Å². The van der Waals surface area contributed by atoms with Gasteiger partial charge in [-0.3, -0.25) is 4.57 Å². The Morgan fingerprint density at radius 2 is 2.10 bits per heavy atom. The second-order valence-corrected chi connectivity index (χ2v) is 4.90. The van der Waals surface area contributed by atoms with Crippen LogP contribution in [0.2, 0.25) is 0 Å². The third kappa shape index (κ3) is 1.82. The summed E-state index contributed by atoms with van der Waals surface area (Å²) in [5.74, 6) is -0.468. The van der Waals surface area contributed by atoms with E-state index in [2.05, 4.69) is 4.98 Å². The molecule has 0 bridgehead atoms. The highest BCUT2D eigenvalue weighted by Crippen LogP contribution is 2.24. The number of nitrogens with one attached hydrogen (secondary N) is 1. The van der Waals surface area contributed by atoms with Gasteiger partial charge in [-0.15, -0.1) is 0 Å². The van der Waals surface area contributed by atoms with Gasteiger partial charge in [0, 0.05) is 0 Å². The van der Waals surface area contributed by atoms with Gasteiger partial charge in [0.05, 0.1) is 28.4 Å². The number of hydrogen-bond acceptors (Lipinski definition) is 2. The predicted octanol–water partition coefficient (Wildman–Crippen LogP) is 4.01. The van der Waals surface area contributed by atoms with Crippen molar-refractivity contribution in [2.24, 2.45) is 0 Å². The summed E-state index contributed by atoms with van der Waals surface area (Å²) in [5.41, 5.74) is 3.34. The van der Waals surface area contributed by atoms with E-state index in [9.17, 15) is 4.39 Å². The molecule has 0 saturated carbocycles. The Kier molecular flexibility index (Phi) is 2.88. The molecule has 3 nitrogen and oxygen atoms in total. The number of H-pyrrole nitrogens is 1. The number of para-hydroxylation sites is 1. The predicted molar refractivity (Wildman–Crippen MR) is 77.9 cm³/mol. The van der Waals surface area contributed by atoms with Gasteiger partial charge in [-0.25, -0.2) is 4.39 Å². The zero-order valence-corrected chi connectivity index (χ0v) is 11.5. The molecule has 0 atom stereocenters. The van der Waals surface area contributed by atoms with Crippen LogP contribution >= 0.6 is 12.2 Å². The number of imidazole rings is 1. The molecule has 3 rings (SSSR count). The van der Waals surface area contributed by atoms with Crippen molar-refractivity contribution >= 4 is 23.3 Å². The van der Waals surface area contributed by atoms with Gasteiger partial charge >= 0.3 is 0 Å². The molecular weight excluding hydrogens is 273 g/mol. The number of aromatic amines is 1. The number of benzene rings is 2. The van der Waals surface area contributed by atoms with E-state index >= 15 is 0 Å². The Morgan fingerprint density at radius 3 is 2.80 bits per heavy atom. The minimum absolute atomic E-state index is 0.286. The molecule has 20 heavy (non-hydrogen) atoms. The molecule has 2 aromatic carbocycles. The average Bonchev–Trinajstić information content (AvgIpc) is 2.76. The Hall–Kier alpha value is -2.45. The summed E-state index contributed by atoms with van der Waals surface area (Å²) in [7, 11) is 0. The van der Waals surface area contributed by atoms with Crippen LogP contribution in [0.5, 0.6) is 0 Å². The van der Waals surface area contributed by atoms with Crippen molar-refractivity contribution in [2.45, 2.75) is 6.92 Å². The van der Waals surface area contributed by atoms with Gasteiger partial charge in [0.25, 0.3) is 0 Å². The van der Waals surface area contributed by atoms with Gasteiger partial charge in [0.2, 0.25) is 0 Å². The Bertz CT molecular complexity index is 915. The van der Waals surface area contributed by atoms with Crippen LogP contribution < -0.4 is 0 Å². The molecule has 0 fully saturated rings. The maximum absolute atomic E-state index is 14.2. The summed E-state index contributed by atoms with van der Waals surface area (Å²) >= 11 is 5.29. The largest absolute Gasteiger partial charge is 0.330 e. The highest BCUT2D eigenvalue weighted by atomic mass is 32.1. The lowest BCUT2D eigenvalue weighted by atomic mass is 10.2. The first kappa shape index (κ1) is 12.6. The number of rotatable bonds is 1. The van der Waals surface area contributed by atoms with Gasteiger partial charge < -0.3 is 4.98 Å². The molecule has 0 spiro atoms. The molecule has 0 aliphatic heterocycles. The molecular formula is C15H10FN3S. The second-order valence-electron chi connectivity index (χ2n) is 4.51. The molecule has 1 N–H and O–H groups in total. The minimum atomic E-state index is -0.468. The van der Waals surface area contributed by atoms with E-state index in [1.807, 2.05) is 31.2 Å². The summed E-state index contributed by atoms with van der Waals surface area (Å²) in [6, 6.07) is 12.1. The lowest BCUT2D eigenvalue weighted by Crippen LogP contribution is -1.99. The summed E-state index contributed by atoms with van der Waals surface area (Å²) in [6.07, 6.45) is 0. The Labute approximate surface area is 119 Å². The van der Waals surface area contributed by atoms with Crippen LogP contribution in [0.1, 0.15) is 11.1 Å². The van der Waals surface area contributed by atoms with Crippen LogP contribution in [0.15, 0.2) is 36.4 Å². The average molecular weight is 283 g/mol. The fourth-order valence-electron chi connectivity index (χ4n) is 2.32. The van der Waals surface area contributed by atoms with E-state index in [4.69, 9.17) is 17.5 Å². The van der Waals surface area contributed by atoms with Crippen LogP contribution in [0, 0.1) is 28.8 Å². The van der Waals surface area contributed by atoms with Crippen LogP contribution in [0.3, 0.4) is 0 Å². The molecule has 1 aromatic heterocycles. The molecule has 5 heteroatoms. The fourth-order valence-corrected chi connectivity index (χ4v) is 2.62. The van der Waals surface area contributed by atoms with Crippen molar-refractivity contribution < 1.29 is 4.39 Å². The zero-order chi connectivity index (χ0) is 14.3. The van der Waals surface area contributed by atoms with Crippen LogP contribution in [-0.4, -0.2) is 9.55 Å². The molecule has 0 unspecified atom stereocenters. The summed E-state index contributed by atoms with van der Waals surface area (Å²) in [4.78, 5) is 3.07. The van der Waals surface area contributed by atoms with Crippen molar-refractivity contribution in [3.05, 3.63) is 58.1 Å². The highest BCUT2D eigenvalue weighted by molar-refractivity contribution is 7.71. The van der Waals surface area contributed by atoms with Gasteiger partial charge in [-0.2, -0.15) is 5.26 Å². The summed E-state index contributed by atoms with van der Waals surface area (Å²) < 4.78 is 16.3. The van der Waals surface area contributed by atoms with E-state index in [-0.39, 0.29) is 5.56 Å². The van der Waals surface area contributed by atoms with Crippen LogP contribution in [0.25, 0.3) is 16.7 Å². The number of nitriles is 1. The molecule has 0 aliphatic rings. The van der Waals surface area contributed by atoms with Gasteiger partial charge in [-0.05, 0) is 49.0 Å². The number of nitrogens with zero attached hydrogens (tertiary/aromatic N) is 2. The molecule has 0 saturated heterocycles. The first-order valence-corrected chi connectivity index (χ1v) is 6.43. The second kappa shape index (κ2) is 4.58. The zero-order valence-electron chi connectivity index (χ0n) is 10.6. The number of aryl methyl sites for hydroxylation is 1. The first-order chi connectivity index (χ1) is 9.61. The number of hydrogen-bond donors (Lipinski definition) is 1. The molecule has 3 aromatic rings. The SMILES string of the molecule is Cc1cccc2[nH]c(=S)n(-c3ccc(C#N)cc3F)c12. The normalized spacial score (nSPS) is 10.7. The van der Waals surface area contributed by atoms with Gasteiger partial charge in [0.15, 0.2) is 4.77 Å². The first-order valence-electron chi connectivity index (χ1n) is 6.02. The standard InChI is InChI=1S/C15H10FN3S/c1-9-3-2-4-12-14(9)19(15(20)18-12)13-6-5-10(8-17)7-11(13)16/h2-7H,1H3,(H,18,20). The van der Waals surface area contributed by atoms with Crippen molar-refractivity contribution in [2.75, 3.05) is 0 Å². The fraction of sp³-hybridized carbons (Fsp3) is 0.0667. The third-order valence-electron chi connectivity index (χ3n) is 3.22. The summed E-state index contributed by atoms with van der Waals surface area (Å²) in [5, 5.41) is 8.80. The Balaban J connectivity index is 2.39. The molecule has 98 valence electrons. The minimum Gasteiger partial charge on any atom is -0.330 e. The van der Waals surface area contributed by atoms with Crippen molar-refractivity contribution in [3.63, 3.8) is 0 Å². The lowest BCUT2D eigenvalue weighted by Gasteiger charge is -2.08. The number of fused-ring (bicyclic) bond motifs is 1. The molecule has 0 radical (unpaired) electrons. The lowest BCUT2D eigenvalue weighted by molar-refractivity contribution is 0.618. The smallest absolute Gasteiger partial charge is 0.182 e. The van der Waals surface area contributed by atoms with Crippen molar-refractivity contribution in [3.8, 4) is 11.8 Å². The summed E-state index contributed by atoms with van der Waals surface area (Å²) in [6.45, 7) is 1.95. The topological polar surface area (TPSA) is 44.5 Å². The Morgan fingerprint density at radius 1 is 1.30 bits per heavy atom. The molecule has 0 amide bonds. The van der Waals surface area contributed by atoms with E-state index in [1.165, 1.54) is 6.07 Å². The molecule has 0 aliphatic carbocycles. The maximum Gasteiger partial charge on any atom is 0.182 e. The van der Waals surface area contributed by atoms with Crippen LogP contribution in [-0.2, 0) is 0 Å². The van der Waals surface area contributed by atoms with E-state index in [1.54, 1.807) is 16.7 Å². The number of halogens is 1. The molecule has 1 heterocycles. The maximum atomic E-state index is 14.2. The van der Waals surface area contributed by atoms with E-state index in [0.29, 0.717) is 10.5 Å². The van der Waals surface area contributed by atoms with E-state index in [0.717, 1.165) is 16.6 Å².